The Morgan fingerprint density at radius 2 is 1.90 bits per heavy atom. The summed E-state index contributed by atoms with van der Waals surface area (Å²) in [5.74, 6) is 0. The lowest BCUT2D eigenvalue weighted by atomic mass is 9.95. The average Bonchev–Trinajstić information content (AvgIpc) is 2.42. The van der Waals surface area contributed by atoms with E-state index < -0.39 is 0 Å². The summed E-state index contributed by atoms with van der Waals surface area (Å²) >= 11 is 9.65. The summed E-state index contributed by atoms with van der Waals surface area (Å²) in [5, 5.41) is 3.25. The van der Waals surface area contributed by atoms with Gasteiger partial charge in [0.25, 0.3) is 0 Å². The van der Waals surface area contributed by atoms with Crippen molar-refractivity contribution in [3.8, 4) is 0 Å². The van der Waals surface area contributed by atoms with Gasteiger partial charge in [0, 0.05) is 16.9 Å². The number of hydrogen-bond donors (Lipinski definition) is 2. The van der Waals surface area contributed by atoms with Crippen LogP contribution in [0.1, 0.15) is 52.5 Å². The van der Waals surface area contributed by atoms with Crippen LogP contribution in [-0.4, -0.2) is 31.1 Å². The Labute approximate surface area is 139 Å². The van der Waals surface area contributed by atoms with E-state index >= 15 is 0 Å². The molecular formula is C16H28N2OS2. The van der Waals surface area contributed by atoms with E-state index in [1.165, 1.54) is 13.0 Å². The van der Waals surface area contributed by atoms with E-state index in [1.807, 2.05) is 13.8 Å². The summed E-state index contributed by atoms with van der Waals surface area (Å²) in [6.07, 6.45) is 3.40. The Morgan fingerprint density at radius 3 is 2.43 bits per heavy atom. The number of unbranched alkanes of at least 4 members (excludes halogenated alkanes) is 1. The van der Waals surface area contributed by atoms with Gasteiger partial charge >= 0.3 is 0 Å². The molecule has 120 valence electrons. The van der Waals surface area contributed by atoms with E-state index in [0.29, 0.717) is 10.2 Å². The third-order valence-electron chi connectivity index (χ3n) is 3.71. The van der Waals surface area contributed by atoms with E-state index in [-0.39, 0.29) is 10.2 Å². The predicted octanol–water partition coefficient (Wildman–Crippen LogP) is 3.74. The molecule has 0 radical (unpaired) electrons. The SMILES string of the molecule is CCCN(CC)CCCCNc1c(C(C)(C)S)c(=S)c1=O. The van der Waals surface area contributed by atoms with Crippen LogP contribution in [0.2, 0.25) is 0 Å². The molecule has 0 saturated carbocycles. The number of rotatable bonds is 10. The molecule has 5 heteroatoms. The molecule has 3 nitrogen and oxygen atoms in total. The van der Waals surface area contributed by atoms with Crippen LogP contribution in [0.5, 0.6) is 0 Å². The van der Waals surface area contributed by atoms with Gasteiger partial charge < -0.3 is 10.2 Å². The minimum Gasteiger partial charge on any atom is -0.382 e. The highest BCUT2D eigenvalue weighted by atomic mass is 32.1. The molecule has 1 N–H and O–H groups in total. The largest absolute Gasteiger partial charge is 0.382 e. The molecule has 0 saturated heterocycles. The molecular weight excluding hydrogens is 300 g/mol. The Bertz CT molecular complexity index is 513. The number of hydrogen-bond acceptors (Lipinski definition) is 5. The van der Waals surface area contributed by atoms with Crippen LogP contribution in [0.4, 0.5) is 5.69 Å². The van der Waals surface area contributed by atoms with Crippen molar-refractivity contribution >= 4 is 30.5 Å². The molecule has 0 unspecified atom stereocenters. The Kier molecular flexibility index (Phi) is 7.37. The van der Waals surface area contributed by atoms with E-state index in [1.54, 1.807) is 0 Å². The standard InChI is InChI=1S/C16H28N2OS2/c1-5-10-18(6-2)11-8-7-9-17-13-12(16(3,4)21)15(20)14(13)19/h17,21H,5-11H2,1-4H3. The molecule has 0 amide bonds. The van der Waals surface area contributed by atoms with Crippen LogP contribution in [0.25, 0.3) is 0 Å². The molecule has 0 aliphatic heterocycles. The van der Waals surface area contributed by atoms with E-state index in [9.17, 15) is 4.79 Å². The summed E-state index contributed by atoms with van der Waals surface area (Å²) in [7, 11) is 0. The van der Waals surface area contributed by atoms with Gasteiger partial charge in [-0.25, -0.2) is 0 Å². The predicted molar refractivity (Wildman–Crippen MR) is 98.1 cm³/mol. The Hall–Kier alpha value is -0.390. The van der Waals surface area contributed by atoms with Crippen molar-refractivity contribution < 1.29 is 0 Å². The average molecular weight is 329 g/mol. The van der Waals surface area contributed by atoms with Crippen LogP contribution in [0, 0.1) is 4.51 Å². The number of anilines is 1. The second-order valence-corrected chi connectivity index (χ2v) is 7.56. The summed E-state index contributed by atoms with van der Waals surface area (Å²) in [6.45, 7) is 12.6. The topological polar surface area (TPSA) is 32.3 Å². The van der Waals surface area contributed by atoms with Crippen LogP contribution in [0.3, 0.4) is 0 Å². The van der Waals surface area contributed by atoms with Gasteiger partial charge in [0.1, 0.15) is 0 Å². The number of nitrogens with one attached hydrogen (secondary N) is 1. The molecule has 21 heavy (non-hydrogen) atoms. The van der Waals surface area contributed by atoms with Crippen LogP contribution < -0.4 is 10.7 Å². The molecule has 0 aliphatic carbocycles. The second-order valence-electron chi connectivity index (χ2n) is 6.04. The minimum atomic E-state index is -0.354. The van der Waals surface area contributed by atoms with Gasteiger partial charge in [-0.3, -0.25) is 4.79 Å². The van der Waals surface area contributed by atoms with Gasteiger partial charge in [0.15, 0.2) is 0 Å². The highest BCUT2D eigenvalue weighted by Crippen LogP contribution is 2.34. The van der Waals surface area contributed by atoms with Crippen LogP contribution in [0.15, 0.2) is 4.79 Å². The fourth-order valence-corrected chi connectivity index (χ4v) is 3.32. The lowest BCUT2D eigenvalue weighted by molar-refractivity contribution is 0.283. The molecule has 1 aromatic rings. The van der Waals surface area contributed by atoms with E-state index in [2.05, 4.69) is 36.7 Å². The Morgan fingerprint density at radius 1 is 1.24 bits per heavy atom. The third kappa shape index (κ3) is 5.08. The van der Waals surface area contributed by atoms with E-state index in [4.69, 9.17) is 12.2 Å². The quantitative estimate of drug-likeness (QED) is 0.389. The molecule has 1 aromatic carbocycles. The monoisotopic (exact) mass is 328 g/mol. The number of thiol groups is 1. The first-order valence-corrected chi connectivity index (χ1v) is 8.70. The first kappa shape index (κ1) is 18.7. The summed E-state index contributed by atoms with van der Waals surface area (Å²) < 4.78 is 0.0885. The maximum absolute atomic E-state index is 11.8. The highest BCUT2D eigenvalue weighted by molar-refractivity contribution is 7.81. The van der Waals surface area contributed by atoms with Gasteiger partial charge in [-0.15, -0.1) is 0 Å². The van der Waals surface area contributed by atoms with E-state index in [0.717, 1.165) is 38.0 Å². The molecule has 0 heterocycles. The van der Waals surface area contributed by atoms with Crippen molar-refractivity contribution in [1.29, 1.82) is 0 Å². The molecule has 0 aliphatic rings. The smallest absolute Gasteiger partial charge is 0.220 e. The second kappa shape index (κ2) is 8.30. The highest BCUT2D eigenvalue weighted by Gasteiger charge is 2.28. The summed E-state index contributed by atoms with van der Waals surface area (Å²) in [5.41, 5.74) is 1.55. The Balaban J connectivity index is 2.39. The zero-order valence-corrected chi connectivity index (χ0v) is 15.4. The van der Waals surface area contributed by atoms with Gasteiger partial charge in [0.05, 0.1) is 10.2 Å². The van der Waals surface area contributed by atoms with Crippen LogP contribution in [-0.2, 0) is 4.75 Å². The molecule has 1 rings (SSSR count). The molecule has 0 bridgehead atoms. The van der Waals surface area contributed by atoms with Crippen molar-refractivity contribution in [2.75, 3.05) is 31.5 Å². The lowest BCUT2D eigenvalue weighted by Crippen LogP contribution is -2.28. The maximum atomic E-state index is 11.8. The molecule has 0 aromatic heterocycles. The lowest BCUT2D eigenvalue weighted by Gasteiger charge is -2.25. The first-order valence-electron chi connectivity index (χ1n) is 7.85. The molecule has 0 fully saturated rings. The minimum absolute atomic E-state index is 0.0247. The summed E-state index contributed by atoms with van der Waals surface area (Å²) in [6, 6.07) is 0. The van der Waals surface area contributed by atoms with Gasteiger partial charge in [-0.1, -0.05) is 26.1 Å². The van der Waals surface area contributed by atoms with Gasteiger partial charge in [-0.2, -0.15) is 12.6 Å². The van der Waals surface area contributed by atoms with Crippen molar-refractivity contribution in [2.24, 2.45) is 0 Å². The van der Waals surface area contributed by atoms with Crippen molar-refractivity contribution in [2.45, 2.75) is 51.7 Å². The van der Waals surface area contributed by atoms with Crippen molar-refractivity contribution in [3.63, 3.8) is 0 Å². The fraction of sp³-hybridized carbons (Fsp3) is 0.750. The molecule has 0 atom stereocenters. The van der Waals surface area contributed by atoms with Crippen molar-refractivity contribution in [1.82, 2.24) is 4.90 Å². The zero-order valence-electron chi connectivity index (χ0n) is 13.7. The summed E-state index contributed by atoms with van der Waals surface area (Å²) in [4.78, 5) is 14.3. The normalized spacial score (nSPS) is 12.3. The number of nitrogens with zero attached hydrogens (tertiary/aromatic N) is 1. The van der Waals surface area contributed by atoms with Gasteiger partial charge in [0.2, 0.25) is 5.43 Å². The zero-order chi connectivity index (χ0) is 16.0. The maximum Gasteiger partial charge on any atom is 0.220 e. The molecule has 0 spiro atoms. The first-order chi connectivity index (χ1) is 9.82. The van der Waals surface area contributed by atoms with Crippen LogP contribution >= 0.6 is 24.8 Å². The van der Waals surface area contributed by atoms with Gasteiger partial charge in [-0.05, 0) is 52.7 Å². The fourth-order valence-electron chi connectivity index (χ4n) is 2.56. The third-order valence-corrected chi connectivity index (χ3v) is 4.33. The van der Waals surface area contributed by atoms with Crippen molar-refractivity contribution in [3.05, 3.63) is 20.3 Å².